The molecule has 0 fully saturated rings. The van der Waals surface area contributed by atoms with Crippen LogP contribution in [-0.4, -0.2) is 21.2 Å². The zero-order valence-electron chi connectivity index (χ0n) is 12.9. The molecule has 0 N–H and O–H groups in total. The summed E-state index contributed by atoms with van der Waals surface area (Å²) in [6.07, 6.45) is 0. The molecule has 0 bridgehead atoms. The molecule has 4 heteroatoms. The molecule has 0 saturated heterocycles. The summed E-state index contributed by atoms with van der Waals surface area (Å²) in [5.74, 6) is 0. The first-order valence-electron chi connectivity index (χ1n) is 7.46. The second-order valence-corrected chi connectivity index (χ2v) is 7.27. The zero-order valence-corrected chi connectivity index (χ0v) is 13.7. The van der Waals surface area contributed by atoms with Crippen LogP contribution in [0.15, 0.2) is 30.3 Å². The minimum absolute atomic E-state index is 0.116. The summed E-state index contributed by atoms with van der Waals surface area (Å²) in [5, 5.41) is 5.54. The first-order valence-corrected chi connectivity index (χ1v) is 7.83. The van der Waals surface area contributed by atoms with Gasteiger partial charge in [-0.1, -0.05) is 44.5 Å². The first-order chi connectivity index (χ1) is 9.91. The Kier molecular flexibility index (Phi) is 3.80. The van der Waals surface area contributed by atoms with Crippen LogP contribution in [0.1, 0.15) is 37.7 Å². The molecule has 0 spiro atoms. The maximum absolute atomic E-state index is 5.94. The molecule has 3 nitrogen and oxygen atoms in total. The molecule has 0 radical (unpaired) electrons. The van der Waals surface area contributed by atoms with Crippen molar-refractivity contribution in [3.8, 4) is 0 Å². The van der Waals surface area contributed by atoms with Crippen LogP contribution in [0.5, 0.6) is 0 Å². The average molecular weight is 304 g/mol. The minimum atomic E-state index is 0.116. The van der Waals surface area contributed by atoms with Crippen molar-refractivity contribution in [1.82, 2.24) is 14.7 Å². The van der Waals surface area contributed by atoms with E-state index in [1.807, 2.05) is 12.1 Å². The second kappa shape index (κ2) is 5.47. The summed E-state index contributed by atoms with van der Waals surface area (Å²) in [7, 11) is 0. The summed E-state index contributed by atoms with van der Waals surface area (Å²) in [6.45, 7) is 10.6. The maximum Gasteiger partial charge on any atom is 0.0681 e. The van der Waals surface area contributed by atoms with E-state index in [-0.39, 0.29) is 5.41 Å². The SMILES string of the molecule is CC(C)(C)c1cc2n(n1)CCN(Cc1ccc(Cl)cc1)C2. The maximum atomic E-state index is 5.94. The number of halogens is 1. The van der Waals surface area contributed by atoms with E-state index >= 15 is 0 Å². The Morgan fingerprint density at radius 3 is 2.52 bits per heavy atom. The van der Waals surface area contributed by atoms with E-state index in [4.69, 9.17) is 16.7 Å². The van der Waals surface area contributed by atoms with Gasteiger partial charge in [0, 0.05) is 30.1 Å². The molecule has 21 heavy (non-hydrogen) atoms. The average Bonchev–Trinajstić information content (AvgIpc) is 2.84. The van der Waals surface area contributed by atoms with E-state index in [0.717, 1.165) is 31.2 Å². The quantitative estimate of drug-likeness (QED) is 0.840. The third kappa shape index (κ3) is 3.30. The number of nitrogens with zero attached hydrogens (tertiary/aromatic N) is 3. The van der Waals surface area contributed by atoms with Gasteiger partial charge >= 0.3 is 0 Å². The molecule has 0 aliphatic carbocycles. The third-order valence-corrected chi connectivity index (χ3v) is 4.22. The molecule has 2 heterocycles. The van der Waals surface area contributed by atoms with Crippen molar-refractivity contribution < 1.29 is 0 Å². The Morgan fingerprint density at radius 1 is 1.14 bits per heavy atom. The van der Waals surface area contributed by atoms with E-state index in [9.17, 15) is 0 Å². The van der Waals surface area contributed by atoms with Gasteiger partial charge in [0.25, 0.3) is 0 Å². The lowest BCUT2D eigenvalue weighted by Gasteiger charge is -2.27. The van der Waals surface area contributed by atoms with Crippen molar-refractivity contribution >= 4 is 11.6 Å². The Balaban J connectivity index is 1.72. The number of fused-ring (bicyclic) bond motifs is 1. The molecule has 1 aromatic carbocycles. The highest BCUT2D eigenvalue weighted by molar-refractivity contribution is 6.30. The highest BCUT2D eigenvalue weighted by atomic mass is 35.5. The molecule has 112 valence electrons. The standard InChI is InChI=1S/C17H22ClN3/c1-17(2,3)16-10-15-12-20(8-9-21(15)19-16)11-13-4-6-14(18)7-5-13/h4-7,10H,8-9,11-12H2,1-3H3. The molecule has 0 atom stereocenters. The smallest absolute Gasteiger partial charge is 0.0681 e. The molecule has 2 aromatic rings. The lowest BCUT2D eigenvalue weighted by Crippen LogP contribution is -2.33. The van der Waals surface area contributed by atoms with Gasteiger partial charge in [0.15, 0.2) is 0 Å². The Hall–Kier alpha value is -1.32. The summed E-state index contributed by atoms with van der Waals surface area (Å²) in [5.41, 5.74) is 3.93. The van der Waals surface area contributed by atoms with Gasteiger partial charge in [-0.25, -0.2) is 0 Å². The fraction of sp³-hybridized carbons (Fsp3) is 0.471. The molecule has 0 unspecified atom stereocenters. The summed E-state index contributed by atoms with van der Waals surface area (Å²) < 4.78 is 2.17. The first kappa shape index (κ1) is 14.6. The lowest BCUT2D eigenvalue weighted by atomic mass is 9.92. The predicted molar refractivity (Wildman–Crippen MR) is 86.5 cm³/mol. The van der Waals surface area contributed by atoms with E-state index in [1.165, 1.54) is 17.0 Å². The van der Waals surface area contributed by atoms with Crippen LogP contribution in [0.3, 0.4) is 0 Å². The van der Waals surface area contributed by atoms with E-state index < -0.39 is 0 Å². The molecule has 1 aromatic heterocycles. The molecule has 1 aliphatic heterocycles. The summed E-state index contributed by atoms with van der Waals surface area (Å²) >= 11 is 5.94. The van der Waals surface area contributed by atoms with Crippen LogP contribution < -0.4 is 0 Å². The van der Waals surface area contributed by atoms with Gasteiger partial charge in [-0.3, -0.25) is 9.58 Å². The summed E-state index contributed by atoms with van der Waals surface area (Å²) in [4.78, 5) is 2.46. The largest absolute Gasteiger partial charge is 0.291 e. The Bertz CT molecular complexity index is 622. The van der Waals surface area contributed by atoms with Crippen LogP contribution in [0.2, 0.25) is 5.02 Å². The fourth-order valence-electron chi connectivity index (χ4n) is 2.67. The molecule has 1 aliphatic rings. The van der Waals surface area contributed by atoms with Crippen LogP contribution in [0, 0.1) is 0 Å². The highest BCUT2D eigenvalue weighted by Gasteiger charge is 2.23. The van der Waals surface area contributed by atoms with E-state index in [1.54, 1.807) is 0 Å². The fourth-order valence-corrected chi connectivity index (χ4v) is 2.80. The van der Waals surface area contributed by atoms with Gasteiger partial charge in [0.1, 0.15) is 0 Å². The monoisotopic (exact) mass is 303 g/mol. The third-order valence-electron chi connectivity index (χ3n) is 3.96. The Labute approximate surface area is 131 Å². The highest BCUT2D eigenvalue weighted by Crippen LogP contribution is 2.24. The van der Waals surface area contributed by atoms with Gasteiger partial charge < -0.3 is 0 Å². The van der Waals surface area contributed by atoms with Gasteiger partial charge in [-0.2, -0.15) is 5.10 Å². The second-order valence-electron chi connectivity index (χ2n) is 6.83. The predicted octanol–water partition coefficient (Wildman–Crippen LogP) is 3.85. The molecule has 0 amide bonds. The zero-order chi connectivity index (χ0) is 15.0. The molecule has 3 rings (SSSR count). The van der Waals surface area contributed by atoms with Gasteiger partial charge in [0.05, 0.1) is 17.9 Å². The van der Waals surface area contributed by atoms with Crippen molar-refractivity contribution in [2.75, 3.05) is 6.54 Å². The lowest BCUT2D eigenvalue weighted by molar-refractivity contribution is 0.205. The summed E-state index contributed by atoms with van der Waals surface area (Å²) in [6, 6.07) is 10.4. The number of rotatable bonds is 2. The van der Waals surface area contributed by atoms with Crippen LogP contribution in [0.4, 0.5) is 0 Å². The number of benzene rings is 1. The van der Waals surface area contributed by atoms with Crippen LogP contribution in [0.25, 0.3) is 0 Å². The molecule has 0 saturated carbocycles. The van der Waals surface area contributed by atoms with Crippen LogP contribution >= 0.6 is 11.6 Å². The normalized spacial score (nSPS) is 16.0. The number of aromatic nitrogens is 2. The van der Waals surface area contributed by atoms with Crippen molar-refractivity contribution in [3.63, 3.8) is 0 Å². The molecular formula is C17H22ClN3. The Morgan fingerprint density at radius 2 is 1.86 bits per heavy atom. The van der Waals surface area contributed by atoms with E-state index in [2.05, 4.69) is 48.6 Å². The van der Waals surface area contributed by atoms with Crippen molar-refractivity contribution in [2.24, 2.45) is 0 Å². The van der Waals surface area contributed by atoms with Gasteiger partial charge in [-0.15, -0.1) is 0 Å². The van der Waals surface area contributed by atoms with Crippen molar-refractivity contribution in [3.05, 3.63) is 52.3 Å². The van der Waals surface area contributed by atoms with Crippen molar-refractivity contribution in [2.45, 2.75) is 45.8 Å². The number of hydrogen-bond acceptors (Lipinski definition) is 2. The van der Waals surface area contributed by atoms with Crippen LogP contribution in [-0.2, 0) is 25.0 Å². The number of hydrogen-bond donors (Lipinski definition) is 0. The van der Waals surface area contributed by atoms with E-state index in [0.29, 0.717) is 0 Å². The minimum Gasteiger partial charge on any atom is -0.291 e. The topological polar surface area (TPSA) is 21.1 Å². The van der Waals surface area contributed by atoms with Crippen molar-refractivity contribution in [1.29, 1.82) is 0 Å². The van der Waals surface area contributed by atoms with Gasteiger partial charge in [0.2, 0.25) is 0 Å². The molecular weight excluding hydrogens is 282 g/mol. The van der Waals surface area contributed by atoms with Gasteiger partial charge in [-0.05, 0) is 23.8 Å².